The molecule has 3 aromatic rings. The van der Waals surface area contributed by atoms with E-state index in [1.54, 1.807) is 7.11 Å². The van der Waals surface area contributed by atoms with Crippen LogP contribution >= 0.6 is 11.3 Å². The number of hydrogen-bond acceptors (Lipinski definition) is 5. The van der Waals surface area contributed by atoms with Crippen LogP contribution in [-0.4, -0.2) is 40.3 Å². The van der Waals surface area contributed by atoms with Crippen molar-refractivity contribution in [1.29, 1.82) is 0 Å². The van der Waals surface area contributed by atoms with Gasteiger partial charge in [0.05, 0.1) is 25.5 Å². The summed E-state index contributed by atoms with van der Waals surface area (Å²) in [5.41, 5.74) is 2.17. The summed E-state index contributed by atoms with van der Waals surface area (Å²) in [5.74, 6) is 1.88. The number of aromatic nitrogens is 2. The third-order valence-electron chi connectivity index (χ3n) is 5.61. The molecule has 0 aliphatic carbocycles. The van der Waals surface area contributed by atoms with E-state index in [2.05, 4.69) is 44.1 Å². The largest absolute Gasteiger partial charge is 0.497 e. The molecule has 1 aromatic carbocycles. The number of methoxy groups -OCH3 is 1. The van der Waals surface area contributed by atoms with Gasteiger partial charge in [0, 0.05) is 30.1 Å². The van der Waals surface area contributed by atoms with Crippen molar-refractivity contribution >= 4 is 11.3 Å². The zero-order chi connectivity index (χ0) is 18.3. The van der Waals surface area contributed by atoms with Crippen LogP contribution in [0.3, 0.4) is 0 Å². The van der Waals surface area contributed by atoms with Gasteiger partial charge >= 0.3 is 0 Å². The van der Waals surface area contributed by atoms with E-state index >= 15 is 0 Å². The molecule has 0 amide bonds. The van der Waals surface area contributed by atoms with E-state index in [1.807, 2.05) is 29.7 Å². The van der Waals surface area contributed by atoms with Gasteiger partial charge in [0.15, 0.2) is 0 Å². The van der Waals surface area contributed by atoms with E-state index in [4.69, 9.17) is 9.47 Å². The van der Waals surface area contributed by atoms with Crippen LogP contribution < -0.4 is 4.74 Å². The van der Waals surface area contributed by atoms with Crippen molar-refractivity contribution in [2.45, 2.75) is 31.7 Å². The first-order chi connectivity index (χ1) is 13.2. The van der Waals surface area contributed by atoms with Gasteiger partial charge < -0.3 is 14.0 Å². The quantitative estimate of drug-likeness (QED) is 0.689. The molecule has 0 unspecified atom stereocenters. The fourth-order valence-corrected chi connectivity index (χ4v) is 4.95. The SMILES string of the molecule is COc1cccc(-c2cnc3n2C[C@@]2(CCN(Cc4cccs4)C2)OC3)c1. The number of benzene rings is 1. The highest BCUT2D eigenvalue weighted by Gasteiger charge is 2.43. The van der Waals surface area contributed by atoms with Gasteiger partial charge in [0.25, 0.3) is 0 Å². The summed E-state index contributed by atoms with van der Waals surface area (Å²) >= 11 is 1.83. The van der Waals surface area contributed by atoms with E-state index in [1.165, 1.54) is 4.88 Å². The second-order valence-electron chi connectivity index (χ2n) is 7.39. The van der Waals surface area contributed by atoms with Gasteiger partial charge in [-0.05, 0) is 30.0 Å². The molecule has 140 valence electrons. The van der Waals surface area contributed by atoms with Gasteiger partial charge in [0.1, 0.15) is 23.8 Å². The van der Waals surface area contributed by atoms with Gasteiger partial charge in [-0.3, -0.25) is 4.90 Å². The first-order valence-electron chi connectivity index (χ1n) is 9.32. The molecular weight excluding hydrogens is 358 g/mol. The Balaban J connectivity index is 1.39. The number of ether oxygens (including phenoxy) is 2. The second kappa shape index (κ2) is 6.78. The van der Waals surface area contributed by atoms with Crippen LogP contribution in [0, 0.1) is 0 Å². The third-order valence-corrected chi connectivity index (χ3v) is 6.47. The van der Waals surface area contributed by atoms with Crippen LogP contribution in [0.2, 0.25) is 0 Å². The Hall–Kier alpha value is -2.15. The second-order valence-corrected chi connectivity index (χ2v) is 8.42. The normalized spacial score (nSPS) is 22.3. The summed E-state index contributed by atoms with van der Waals surface area (Å²) in [4.78, 5) is 8.54. The Morgan fingerprint density at radius 2 is 2.22 bits per heavy atom. The molecule has 27 heavy (non-hydrogen) atoms. The molecule has 2 aliphatic rings. The van der Waals surface area contributed by atoms with Crippen LogP contribution in [0.1, 0.15) is 17.1 Å². The number of imidazole rings is 1. The number of fused-ring (bicyclic) bond motifs is 1. The van der Waals surface area contributed by atoms with Crippen molar-refractivity contribution in [2.24, 2.45) is 0 Å². The monoisotopic (exact) mass is 381 g/mol. The highest BCUT2D eigenvalue weighted by atomic mass is 32.1. The fourth-order valence-electron chi connectivity index (χ4n) is 4.20. The molecule has 0 saturated carbocycles. The molecule has 0 N–H and O–H groups in total. The van der Waals surface area contributed by atoms with Crippen molar-refractivity contribution in [3.05, 3.63) is 58.7 Å². The van der Waals surface area contributed by atoms with E-state index in [9.17, 15) is 0 Å². The number of thiophene rings is 1. The summed E-state index contributed by atoms with van der Waals surface area (Å²) in [5, 5.41) is 2.15. The Kier molecular flexibility index (Phi) is 4.27. The standard InChI is InChI=1S/C21H23N3O2S/c1-25-17-5-2-4-16(10-17)19-11-22-20-13-26-21(15-24(19)20)7-8-23(14-21)12-18-6-3-9-27-18/h2-6,9-11H,7-8,12-15H2,1H3/t21-/m0/s1. The Labute approximate surface area is 163 Å². The van der Waals surface area contributed by atoms with E-state index in [-0.39, 0.29) is 5.60 Å². The molecule has 0 bridgehead atoms. The smallest absolute Gasteiger partial charge is 0.135 e. The van der Waals surface area contributed by atoms with Crippen molar-refractivity contribution in [3.8, 4) is 17.0 Å². The summed E-state index contributed by atoms with van der Waals surface area (Å²) in [7, 11) is 1.70. The minimum absolute atomic E-state index is 0.113. The van der Waals surface area contributed by atoms with E-state index in [0.29, 0.717) is 6.61 Å². The fraction of sp³-hybridized carbons (Fsp3) is 0.381. The maximum atomic E-state index is 6.35. The first kappa shape index (κ1) is 17.0. The molecule has 1 saturated heterocycles. The van der Waals surface area contributed by atoms with Crippen LogP contribution in [0.4, 0.5) is 0 Å². The van der Waals surface area contributed by atoms with Crippen molar-refractivity contribution < 1.29 is 9.47 Å². The van der Waals surface area contributed by atoms with Gasteiger partial charge in [-0.2, -0.15) is 0 Å². The van der Waals surface area contributed by atoms with Gasteiger partial charge in [0.2, 0.25) is 0 Å². The molecule has 6 heteroatoms. The van der Waals surface area contributed by atoms with Crippen molar-refractivity contribution in [3.63, 3.8) is 0 Å². The van der Waals surface area contributed by atoms with E-state index in [0.717, 1.165) is 55.4 Å². The lowest BCUT2D eigenvalue weighted by Gasteiger charge is -2.35. The lowest BCUT2D eigenvalue weighted by atomic mass is 10.0. The maximum Gasteiger partial charge on any atom is 0.135 e. The predicted molar refractivity (Wildman–Crippen MR) is 106 cm³/mol. The number of likely N-dealkylation sites (tertiary alicyclic amines) is 1. The summed E-state index contributed by atoms with van der Waals surface area (Å²) in [6.07, 6.45) is 3.03. The highest BCUT2D eigenvalue weighted by molar-refractivity contribution is 7.09. The molecule has 4 heterocycles. The van der Waals surface area contributed by atoms with Crippen LogP contribution in [0.5, 0.6) is 5.75 Å². The lowest BCUT2D eigenvalue weighted by molar-refractivity contribution is -0.0821. The molecule has 1 atom stereocenters. The van der Waals surface area contributed by atoms with Crippen molar-refractivity contribution in [1.82, 2.24) is 14.5 Å². The zero-order valence-electron chi connectivity index (χ0n) is 15.4. The zero-order valence-corrected chi connectivity index (χ0v) is 16.2. The number of hydrogen-bond donors (Lipinski definition) is 0. The minimum atomic E-state index is -0.113. The summed E-state index contributed by atoms with van der Waals surface area (Å²) < 4.78 is 14.1. The predicted octanol–water partition coefficient (Wildman–Crippen LogP) is 3.80. The number of nitrogens with zero attached hydrogens (tertiary/aromatic N) is 3. The van der Waals surface area contributed by atoms with Crippen LogP contribution in [-0.2, 0) is 24.4 Å². The molecule has 2 aliphatic heterocycles. The van der Waals surface area contributed by atoms with Crippen molar-refractivity contribution in [2.75, 3.05) is 20.2 Å². The molecule has 2 aromatic heterocycles. The molecule has 0 radical (unpaired) electrons. The van der Waals surface area contributed by atoms with E-state index < -0.39 is 0 Å². The molecular formula is C21H23N3O2S. The molecule has 5 rings (SSSR count). The minimum Gasteiger partial charge on any atom is -0.497 e. The van der Waals surface area contributed by atoms with Gasteiger partial charge in [-0.25, -0.2) is 4.98 Å². The molecule has 5 nitrogen and oxygen atoms in total. The maximum absolute atomic E-state index is 6.35. The third kappa shape index (κ3) is 3.18. The summed E-state index contributed by atoms with van der Waals surface area (Å²) in [6.45, 7) is 4.51. The van der Waals surface area contributed by atoms with Crippen LogP contribution in [0.25, 0.3) is 11.3 Å². The average Bonchev–Trinajstić information content (AvgIpc) is 3.43. The van der Waals surface area contributed by atoms with Gasteiger partial charge in [-0.1, -0.05) is 18.2 Å². The first-order valence-corrected chi connectivity index (χ1v) is 10.2. The lowest BCUT2D eigenvalue weighted by Crippen LogP contribution is -2.44. The van der Waals surface area contributed by atoms with Crippen LogP contribution in [0.15, 0.2) is 48.0 Å². The highest BCUT2D eigenvalue weighted by Crippen LogP contribution is 2.36. The topological polar surface area (TPSA) is 39.5 Å². The Morgan fingerprint density at radius 3 is 3.07 bits per heavy atom. The number of rotatable bonds is 4. The molecule has 1 fully saturated rings. The average molecular weight is 382 g/mol. The molecule has 1 spiro atoms. The summed E-state index contributed by atoms with van der Waals surface area (Å²) in [6, 6.07) is 12.5. The van der Waals surface area contributed by atoms with Gasteiger partial charge in [-0.15, -0.1) is 11.3 Å². The Morgan fingerprint density at radius 1 is 1.26 bits per heavy atom. The Bertz CT molecular complexity index is 937.